The highest BCUT2D eigenvalue weighted by Gasteiger charge is 2.21. The number of carbonyl (C=O) groups is 1. The van der Waals surface area contributed by atoms with Crippen molar-refractivity contribution in [3.63, 3.8) is 0 Å². The summed E-state index contributed by atoms with van der Waals surface area (Å²) in [6.45, 7) is 7.04. The van der Waals surface area contributed by atoms with E-state index in [1.807, 2.05) is 13.0 Å². The van der Waals surface area contributed by atoms with Crippen LogP contribution in [-0.4, -0.2) is 27.4 Å². The van der Waals surface area contributed by atoms with E-state index in [1.54, 1.807) is 18.5 Å². The van der Waals surface area contributed by atoms with Crippen LogP contribution in [-0.2, 0) is 6.42 Å². The number of nitrogens with one attached hydrogen (secondary N) is 1. The molecule has 2 aromatic heterocycles. The second-order valence-corrected chi connectivity index (χ2v) is 8.17. The van der Waals surface area contributed by atoms with Crippen LogP contribution >= 0.6 is 11.3 Å². The SMILES string of the molecule is CCc1nc(-c2ncccn2)sc1C(=O)NCC(CC(C)C)c1ccccc1. The lowest BCUT2D eigenvalue weighted by Crippen LogP contribution is -2.29. The molecule has 1 unspecified atom stereocenters. The lowest BCUT2D eigenvalue weighted by atomic mass is 9.90. The number of hydrogen-bond donors (Lipinski definition) is 1. The monoisotopic (exact) mass is 394 g/mol. The van der Waals surface area contributed by atoms with Crippen molar-refractivity contribution in [2.24, 2.45) is 5.92 Å². The Bertz CT molecular complexity index is 893. The number of thiazole rings is 1. The molecule has 0 spiro atoms. The predicted octanol–water partition coefficient (Wildman–Crippen LogP) is 4.72. The van der Waals surface area contributed by atoms with Gasteiger partial charge in [-0.2, -0.15) is 0 Å². The van der Waals surface area contributed by atoms with Gasteiger partial charge in [-0.15, -0.1) is 11.3 Å². The molecule has 1 N–H and O–H groups in total. The average molecular weight is 395 g/mol. The van der Waals surface area contributed by atoms with Gasteiger partial charge >= 0.3 is 0 Å². The van der Waals surface area contributed by atoms with E-state index < -0.39 is 0 Å². The van der Waals surface area contributed by atoms with Crippen molar-refractivity contribution in [1.29, 1.82) is 0 Å². The van der Waals surface area contributed by atoms with Crippen molar-refractivity contribution in [2.45, 2.75) is 39.5 Å². The topological polar surface area (TPSA) is 67.8 Å². The molecule has 0 saturated carbocycles. The number of aromatic nitrogens is 3. The van der Waals surface area contributed by atoms with Crippen molar-refractivity contribution in [3.05, 3.63) is 64.9 Å². The largest absolute Gasteiger partial charge is 0.351 e. The standard InChI is InChI=1S/C22H26N4OS/c1-4-18-19(28-22(26-18)20-23-11-8-12-24-20)21(27)25-14-17(13-15(2)3)16-9-6-5-7-10-16/h5-12,15,17H,4,13-14H2,1-3H3,(H,25,27). The summed E-state index contributed by atoms with van der Waals surface area (Å²) in [6.07, 6.45) is 5.09. The fourth-order valence-corrected chi connectivity index (χ4v) is 4.22. The summed E-state index contributed by atoms with van der Waals surface area (Å²) in [4.78, 5) is 26.6. The van der Waals surface area contributed by atoms with Gasteiger partial charge in [-0.1, -0.05) is 51.1 Å². The van der Waals surface area contributed by atoms with E-state index in [9.17, 15) is 4.79 Å². The third kappa shape index (κ3) is 5.01. The van der Waals surface area contributed by atoms with Crippen molar-refractivity contribution in [3.8, 4) is 10.8 Å². The van der Waals surface area contributed by atoms with Crippen LogP contribution in [0, 0.1) is 5.92 Å². The minimum atomic E-state index is -0.0683. The highest BCUT2D eigenvalue weighted by Crippen LogP contribution is 2.27. The molecule has 3 rings (SSSR count). The molecule has 0 aliphatic rings. The first kappa shape index (κ1) is 20.1. The summed E-state index contributed by atoms with van der Waals surface area (Å²) in [5, 5.41) is 3.82. The molecule has 5 nitrogen and oxygen atoms in total. The number of nitrogens with zero attached hydrogens (tertiary/aromatic N) is 3. The summed E-state index contributed by atoms with van der Waals surface area (Å²) in [6, 6.07) is 12.2. The zero-order valence-corrected chi connectivity index (χ0v) is 17.4. The van der Waals surface area contributed by atoms with Gasteiger partial charge in [0.05, 0.1) is 5.69 Å². The maximum absolute atomic E-state index is 12.9. The summed E-state index contributed by atoms with van der Waals surface area (Å²) < 4.78 is 0. The van der Waals surface area contributed by atoms with Crippen LogP contribution in [0.1, 0.15) is 54.0 Å². The van der Waals surface area contributed by atoms with Crippen molar-refractivity contribution in [1.82, 2.24) is 20.3 Å². The Labute approximate surface area is 170 Å². The van der Waals surface area contributed by atoms with Gasteiger partial charge in [0, 0.05) is 24.9 Å². The number of hydrogen-bond acceptors (Lipinski definition) is 5. The lowest BCUT2D eigenvalue weighted by molar-refractivity contribution is 0.0953. The second kappa shape index (κ2) is 9.55. The first-order valence-electron chi connectivity index (χ1n) is 9.68. The van der Waals surface area contributed by atoms with Crippen LogP contribution < -0.4 is 5.32 Å². The number of rotatable bonds is 8. The Hall–Kier alpha value is -2.60. The highest BCUT2D eigenvalue weighted by atomic mass is 32.1. The normalized spacial score (nSPS) is 12.1. The molecule has 0 saturated heterocycles. The van der Waals surface area contributed by atoms with Crippen LogP contribution in [0.2, 0.25) is 0 Å². The van der Waals surface area contributed by atoms with Gasteiger partial charge in [0.15, 0.2) is 10.8 Å². The van der Waals surface area contributed by atoms with Crippen LogP contribution in [0.5, 0.6) is 0 Å². The number of carbonyl (C=O) groups excluding carboxylic acids is 1. The first-order chi connectivity index (χ1) is 13.6. The molecular weight excluding hydrogens is 368 g/mol. The molecule has 0 bridgehead atoms. The Balaban J connectivity index is 1.75. The second-order valence-electron chi connectivity index (χ2n) is 7.17. The summed E-state index contributed by atoms with van der Waals surface area (Å²) in [7, 11) is 0. The van der Waals surface area contributed by atoms with Crippen LogP contribution in [0.15, 0.2) is 48.8 Å². The van der Waals surface area contributed by atoms with Crippen molar-refractivity contribution >= 4 is 17.2 Å². The highest BCUT2D eigenvalue weighted by molar-refractivity contribution is 7.17. The van der Waals surface area contributed by atoms with Crippen LogP contribution in [0.25, 0.3) is 10.8 Å². The third-order valence-electron chi connectivity index (χ3n) is 4.53. The first-order valence-corrected chi connectivity index (χ1v) is 10.5. The van der Waals surface area contributed by atoms with Gasteiger partial charge < -0.3 is 5.32 Å². The summed E-state index contributed by atoms with van der Waals surface area (Å²) in [5.74, 6) is 1.34. The lowest BCUT2D eigenvalue weighted by Gasteiger charge is -2.20. The average Bonchev–Trinajstić information content (AvgIpc) is 3.16. The molecule has 28 heavy (non-hydrogen) atoms. The minimum absolute atomic E-state index is 0.0683. The number of aryl methyl sites for hydroxylation is 1. The molecule has 3 aromatic rings. The molecule has 6 heteroatoms. The third-order valence-corrected chi connectivity index (χ3v) is 5.62. The van der Waals surface area contributed by atoms with E-state index in [0.29, 0.717) is 40.5 Å². The van der Waals surface area contributed by atoms with E-state index >= 15 is 0 Å². The molecule has 1 aromatic carbocycles. The van der Waals surface area contributed by atoms with E-state index in [1.165, 1.54) is 16.9 Å². The Morgan fingerprint density at radius 2 is 1.82 bits per heavy atom. The summed E-state index contributed by atoms with van der Waals surface area (Å²) in [5.41, 5.74) is 2.06. The fourth-order valence-electron chi connectivity index (χ4n) is 3.20. The number of benzene rings is 1. The molecule has 0 aliphatic heterocycles. The van der Waals surface area contributed by atoms with Gasteiger partial charge in [0.2, 0.25) is 0 Å². The van der Waals surface area contributed by atoms with E-state index in [2.05, 4.69) is 58.4 Å². The Morgan fingerprint density at radius 3 is 2.46 bits per heavy atom. The Kier molecular flexibility index (Phi) is 6.87. The van der Waals surface area contributed by atoms with Gasteiger partial charge in [-0.25, -0.2) is 15.0 Å². The van der Waals surface area contributed by atoms with Gasteiger partial charge in [-0.3, -0.25) is 4.79 Å². The molecule has 1 atom stereocenters. The maximum atomic E-state index is 12.9. The van der Waals surface area contributed by atoms with Crippen molar-refractivity contribution in [2.75, 3.05) is 6.54 Å². The van der Waals surface area contributed by atoms with Gasteiger partial charge in [0.25, 0.3) is 5.91 Å². The fraction of sp³-hybridized carbons (Fsp3) is 0.364. The van der Waals surface area contributed by atoms with Gasteiger partial charge in [-0.05, 0) is 30.4 Å². The molecule has 2 heterocycles. The van der Waals surface area contributed by atoms with E-state index in [0.717, 1.165) is 12.1 Å². The molecule has 0 radical (unpaired) electrons. The zero-order chi connectivity index (χ0) is 19.9. The minimum Gasteiger partial charge on any atom is -0.351 e. The molecule has 1 amide bonds. The number of amides is 1. The maximum Gasteiger partial charge on any atom is 0.263 e. The quantitative estimate of drug-likeness (QED) is 0.600. The van der Waals surface area contributed by atoms with Crippen LogP contribution in [0.4, 0.5) is 0 Å². The molecule has 0 fully saturated rings. The molecule has 146 valence electrons. The van der Waals surface area contributed by atoms with Crippen LogP contribution in [0.3, 0.4) is 0 Å². The smallest absolute Gasteiger partial charge is 0.263 e. The van der Waals surface area contributed by atoms with Gasteiger partial charge in [0.1, 0.15) is 4.88 Å². The summed E-state index contributed by atoms with van der Waals surface area (Å²) >= 11 is 1.36. The van der Waals surface area contributed by atoms with E-state index in [-0.39, 0.29) is 5.91 Å². The zero-order valence-electron chi connectivity index (χ0n) is 16.6. The van der Waals surface area contributed by atoms with Crippen molar-refractivity contribution < 1.29 is 4.79 Å². The Morgan fingerprint density at radius 1 is 1.11 bits per heavy atom. The van der Waals surface area contributed by atoms with E-state index in [4.69, 9.17) is 0 Å². The molecule has 0 aliphatic carbocycles. The molecular formula is C22H26N4OS. The predicted molar refractivity (Wildman–Crippen MR) is 113 cm³/mol.